The molecule has 0 aromatic carbocycles. The third-order valence-electron chi connectivity index (χ3n) is 1.37. The Hall–Kier alpha value is -0.390. The van der Waals surface area contributed by atoms with Crippen LogP contribution in [-0.4, -0.2) is 12.4 Å². The van der Waals surface area contributed by atoms with Gasteiger partial charge in [0.1, 0.15) is 5.03 Å². The zero-order valence-corrected chi connectivity index (χ0v) is 7.98. The highest BCUT2D eigenvalue weighted by molar-refractivity contribution is 6.30. The van der Waals surface area contributed by atoms with E-state index in [2.05, 4.69) is 11.6 Å². The van der Waals surface area contributed by atoms with Gasteiger partial charge in [0.15, 0.2) is 0 Å². The van der Waals surface area contributed by atoms with E-state index in [0.29, 0.717) is 0 Å². The molecule has 0 aromatic heterocycles. The van der Waals surface area contributed by atoms with Gasteiger partial charge in [-0.3, -0.25) is 0 Å². The lowest BCUT2D eigenvalue weighted by molar-refractivity contribution is -0.115. The van der Waals surface area contributed by atoms with Gasteiger partial charge in [-0.1, -0.05) is 25.4 Å². The summed E-state index contributed by atoms with van der Waals surface area (Å²) in [7, 11) is 0. The van der Waals surface area contributed by atoms with E-state index in [1.165, 1.54) is 0 Å². The summed E-state index contributed by atoms with van der Waals surface area (Å²) in [5.41, 5.74) is -1.74. The SMILES string of the molecule is CC(C)/C(=C(/Cl)C(F)(F)F)C(F)(F)F. The summed E-state index contributed by atoms with van der Waals surface area (Å²) in [5, 5.41) is -2.10. The molecular formula is C7H7ClF6. The van der Waals surface area contributed by atoms with Crippen LogP contribution >= 0.6 is 11.6 Å². The average molecular weight is 241 g/mol. The number of halogens is 7. The summed E-state index contributed by atoms with van der Waals surface area (Å²) in [6.45, 7) is 1.99. The van der Waals surface area contributed by atoms with E-state index in [-0.39, 0.29) is 0 Å². The quantitative estimate of drug-likeness (QED) is 0.601. The molecule has 0 nitrogen and oxygen atoms in total. The number of allylic oxidation sites excluding steroid dienone is 2. The largest absolute Gasteiger partial charge is 0.427 e. The first-order valence-electron chi connectivity index (χ1n) is 3.52. The number of hydrogen-bond acceptors (Lipinski definition) is 0. The molecule has 0 rings (SSSR count). The molecule has 0 aliphatic carbocycles. The van der Waals surface area contributed by atoms with Crippen molar-refractivity contribution in [3.63, 3.8) is 0 Å². The molecule has 0 aromatic rings. The van der Waals surface area contributed by atoms with Crippen molar-refractivity contribution in [2.45, 2.75) is 26.2 Å². The molecule has 0 heterocycles. The van der Waals surface area contributed by atoms with Crippen molar-refractivity contribution in [2.24, 2.45) is 5.92 Å². The van der Waals surface area contributed by atoms with E-state index in [4.69, 9.17) is 0 Å². The van der Waals surface area contributed by atoms with Crippen molar-refractivity contribution in [3.8, 4) is 0 Å². The van der Waals surface area contributed by atoms with Gasteiger partial charge in [0, 0.05) is 0 Å². The predicted molar refractivity (Wildman–Crippen MR) is 39.8 cm³/mol. The Morgan fingerprint density at radius 1 is 0.929 bits per heavy atom. The molecule has 14 heavy (non-hydrogen) atoms. The third-order valence-corrected chi connectivity index (χ3v) is 1.79. The van der Waals surface area contributed by atoms with Gasteiger partial charge in [-0.15, -0.1) is 0 Å². The Bertz CT molecular complexity index is 234. The highest BCUT2D eigenvalue weighted by Gasteiger charge is 2.45. The molecule has 0 saturated carbocycles. The van der Waals surface area contributed by atoms with Crippen molar-refractivity contribution in [1.82, 2.24) is 0 Å². The fraction of sp³-hybridized carbons (Fsp3) is 0.714. The molecule has 0 fully saturated rings. The van der Waals surface area contributed by atoms with Crippen LogP contribution in [-0.2, 0) is 0 Å². The minimum absolute atomic E-state index is 0.997. The molecule has 0 bridgehead atoms. The average Bonchev–Trinajstić information content (AvgIpc) is 1.79. The van der Waals surface area contributed by atoms with Crippen molar-refractivity contribution >= 4 is 11.6 Å². The maximum atomic E-state index is 12.1. The molecule has 0 spiro atoms. The Kier molecular flexibility index (Phi) is 3.89. The van der Waals surface area contributed by atoms with Gasteiger partial charge in [-0.2, -0.15) is 26.3 Å². The van der Waals surface area contributed by atoms with Crippen LogP contribution in [0.3, 0.4) is 0 Å². The molecule has 84 valence electrons. The van der Waals surface area contributed by atoms with Crippen molar-refractivity contribution in [3.05, 3.63) is 10.6 Å². The van der Waals surface area contributed by atoms with Crippen LogP contribution in [0.15, 0.2) is 10.6 Å². The molecule has 0 aliphatic heterocycles. The van der Waals surface area contributed by atoms with E-state index in [1.54, 1.807) is 0 Å². The highest BCUT2D eigenvalue weighted by atomic mass is 35.5. The van der Waals surface area contributed by atoms with Gasteiger partial charge in [0.05, 0.1) is 5.57 Å². The van der Waals surface area contributed by atoms with E-state index in [9.17, 15) is 26.3 Å². The molecule has 7 heteroatoms. The summed E-state index contributed by atoms with van der Waals surface area (Å²) in [6.07, 6.45) is -10.2. The molecule has 0 aliphatic rings. The van der Waals surface area contributed by atoms with E-state index < -0.39 is 28.9 Å². The lowest BCUT2D eigenvalue weighted by Gasteiger charge is -2.18. The van der Waals surface area contributed by atoms with Gasteiger partial charge in [0.25, 0.3) is 0 Å². The van der Waals surface area contributed by atoms with E-state index in [0.717, 1.165) is 13.8 Å². The van der Waals surface area contributed by atoms with Crippen LogP contribution in [0.4, 0.5) is 26.3 Å². The topological polar surface area (TPSA) is 0 Å². The normalized spacial score (nSPS) is 15.9. The Morgan fingerprint density at radius 3 is 1.36 bits per heavy atom. The second-order valence-corrected chi connectivity index (χ2v) is 3.26. The van der Waals surface area contributed by atoms with Gasteiger partial charge in [0.2, 0.25) is 0 Å². The second-order valence-electron chi connectivity index (χ2n) is 2.88. The lowest BCUT2D eigenvalue weighted by atomic mass is 10.0. The second kappa shape index (κ2) is 4.00. The zero-order chi connectivity index (χ0) is 11.7. The van der Waals surface area contributed by atoms with Crippen LogP contribution in [0.1, 0.15) is 13.8 Å². The highest BCUT2D eigenvalue weighted by Crippen LogP contribution is 2.41. The maximum Gasteiger partial charge on any atom is 0.427 e. The van der Waals surface area contributed by atoms with E-state index >= 15 is 0 Å². The van der Waals surface area contributed by atoms with Crippen molar-refractivity contribution in [1.29, 1.82) is 0 Å². The predicted octanol–water partition coefficient (Wildman–Crippen LogP) is 4.26. The molecule has 0 unspecified atom stereocenters. The Balaban J connectivity index is 5.41. The van der Waals surface area contributed by atoms with Crippen LogP contribution < -0.4 is 0 Å². The van der Waals surface area contributed by atoms with E-state index in [1.807, 2.05) is 0 Å². The number of alkyl halides is 6. The van der Waals surface area contributed by atoms with Crippen LogP contribution in [0.25, 0.3) is 0 Å². The third kappa shape index (κ3) is 3.40. The standard InChI is InChI=1S/C7H7ClF6/c1-3(2)4(6(9,10)11)5(8)7(12,13)14/h3H,1-2H3/b5-4-. The fourth-order valence-electron chi connectivity index (χ4n) is 0.858. The molecule has 0 saturated heterocycles. The molecule has 0 N–H and O–H groups in total. The molecule has 0 atom stereocenters. The minimum Gasteiger partial charge on any atom is -0.166 e. The number of hydrogen-bond donors (Lipinski definition) is 0. The first kappa shape index (κ1) is 13.6. The zero-order valence-electron chi connectivity index (χ0n) is 7.22. The Morgan fingerprint density at radius 2 is 1.29 bits per heavy atom. The van der Waals surface area contributed by atoms with Gasteiger partial charge in [-0.05, 0) is 5.92 Å². The molecular weight excluding hydrogens is 234 g/mol. The fourth-order valence-corrected chi connectivity index (χ4v) is 1.18. The van der Waals surface area contributed by atoms with Crippen molar-refractivity contribution in [2.75, 3.05) is 0 Å². The summed E-state index contributed by atoms with van der Waals surface area (Å²) in [4.78, 5) is 0. The summed E-state index contributed by atoms with van der Waals surface area (Å²) < 4.78 is 72.0. The minimum atomic E-state index is -5.16. The van der Waals surface area contributed by atoms with Crippen molar-refractivity contribution < 1.29 is 26.3 Å². The van der Waals surface area contributed by atoms with Gasteiger partial charge in [-0.25, -0.2) is 0 Å². The first-order valence-corrected chi connectivity index (χ1v) is 3.89. The molecule has 0 amide bonds. The van der Waals surface area contributed by atoms with Crippen LogP contribution in [0, 0.1) is 5.92 Å². The number of rotatable bonds is 1. The monoisotopic (exact) mass is 240 g/mol. The smallest absolute Gasteiger partial charge is 0.166 e. The maximum absolute atomic E-state index is 12.1. The summed E-state index contributed by atoms with van der Waals surface area (Å²) in [5.74, 6) is -1.33. The first-order chi connectivity index (χ1) is 5.98. The summed E-state index contributed by atoms with van der Waals surface area (Å²) >= 11 is 4.64. The summed E-state index contributed by atoms with van der Waals surface area (Å²) in [6, 6.07) is 0. The molecule has 0 radical (unpaired) electrons. The lowest BCUT2D eigenvalue weighted by Crippen LogP contribution is -2.23. The van der Waals surface area contributed by atoms with Gasteiger partial charge >= 0.3 is 12.4 Å². The Labute approximate surface area is 81.5 Å². The van der Waals surface area contributed by atoms with Gasteiger partial charge < -0.3 is 0 Å². The van der Waals surface area contributed by atoms with Crippen LogP contribution in [0.5, 0.6) is 0 Å². The van der Waals surface area contributed by atoms with Crippen LogP contribution in [0.2, 0.25) is 0 Å².